The number of likely N-dealkylation sites (tertiary alicyclic amines) is 2. The first-order valence-electron chi connectivity index (χ1n) is 11.9. The highest BCUT2D eigenvalue weighted by atomic mass is 16.4. The lowest BCUT2D eigenvalue weighted by Gasteiger charge is -2.45. The molecule has 1 unspecified atom stereocenters. The zero-order valence-corrected chi connectivity index (χ0v) is 18.8. The standard InChI is InChI=1S/C23H36N2.C2H2O4/c1-19-6-5-15-25(18-19)23-13-16-24(17-14-23)22-11-9-21(10-12-22)20-7-3-2-4-8-20;3-1(4)2(5)6/h2-4,7-8,19,21-23H,5-6,9-18H2,1H3;(H,3,4)(H,5,6). The van der Waals surface area contributed by atoms with E-state index in [-0.39, 0.29) is 0 Å². The summed E-state index contributed by atoms with van der Waals surface area (Å²) in [4.78, 5) is 23.9. The molecule has 1 aliphatic carbocycles. The number of hydrogen-bond acceptors (Lipinski definition) is 4. The van der Waals surface area contributed by atoms with Gasteiger partial charge in [-0.1, -0.05) is 37.3 Å². The second-order valence-corrected chi connectivity index (χ2v) is 9.54. The van der Waals surface area contributed by atoms with Gasteiger partial charge in [-0.05, 0) is 88.4 Å². The Labute approximate surface area is 186 Å². The van der Waals surface area contributed by atoms with Crippen molar-refractivity contribution >= 4 is 11.9 Å². The molecular formula is C25H38N2O4. The molecule has 1 saturated carbocycles. The second kappa shape index (κ2) is 11.6. The van der Waals surface area contributed by atoms with E-state index in [0.717, 1.165) is 23.9 Å². The molecule has 6 nitrogen and oxygen atoms in total. The van der Waals surface area contributed by atoms with Gasteiger partial charge in [-0.25, -0.2) is 9.59 Å². The predicted octanol–water partition coefficient (Wildman–Crippen LogP) is 4.06. The van der Waals surface area contributed by atoms with E-state index in [1.807, 2.05) is 0 Å². The van der Waals surface area contributed by atoms with Gasteiger partial charge in [0.05, 0.1) is 0 Å². The Morgan fingerprint density at radius 3 is 1.90 bits per heavy atom. The SMILES string of the molecule is CC1CCCN(C2CCN(C3CCC(c4ccccc4)CC3)CC2)C1.O=C(O)C(=O)O. The molecule has 0 spiro atoms. The molecule has 31 heavy (non-hydrogen) atoms. The van der Waals surface area contributed by atoms with Crippen LogP contribution in [0.25, 0.3) is 0 Å². The lowest BCUT2D eigenvalue weighted by Crippen LogP contribution is -2.50. The van der Waals surface area contributed by atoms with Crippen molar-refractivity contribution < 1.29 is 19.8 Å². The highest BCUT2D eigenvalue weighted by Gasteiger charge is 2.32. The summed E-state index contributed by atoms with van der Waals surface area (Å²) >= 11 is 0. The monoisotopic (exact) mass is 430 g/mol. The molecule has 0 radical (unpaired) electrons. The minimum absolute atomic E-state index is 0.810. The van der Waals surface area contributed by atoms with E-state index in [9.17, 15) is 0 Å². The van der Waals surface area contributed by atoms with Gasteiger partial charge < -0.3 is 20.0 Å². The molecule has 1 aromatic carbocycles. The van der Waals surface area contributed by atoms with Crippen molar-refractivity contribution in [1.29, 1.82) is 0 Å². The van der Waals surface area contributed by atoms with E-state index in [0.29, 0.717) is 0 Å². The smallest absolute Gasteiger partial charge is 0.414 e. The fraction of sp³-hybridized carbons (Fsp3) is 0.680. The van der Waals surface area contributed by atoms with Gasteiger partial charge in [-0.2, -0.15) is 0 Å². The summed E-state index contributed by atoms with van der Waals surface area (Å²) in [5.74, 6) is -1.92. The molecule has 2 N–H and O–H groups in total. The first-order valence-corrected chi connectivity index (χ1v) is 11.9. The molecule has 3 aliphatic rings. The lowest BCUT2D eigenvalue weighted by molar-refractivity contribution is -0.159. The van der Waals surface area contributed by atoms with Gasteiger partial charge in [0, 0.05) is 18.6 Å². The summed E-state index contributed by atoms with van der Waals surface area (Å²) in [7, 11) is 0. The van der Waals surface area contributed by atoms with Gasteiger partial charge >= 0.3 is 11.9 Å². The van der Waals surface area contributed by atoms with E-state index in [1.54, 1.807) is 5.56 Å². The van der Waals surface area contributed by atoms with Crippen LogP contribution in [0.2, 0.25) is 0 Å². The molecule has 1 aromatic rings. The Bertz CT molecular complexity index is 683. The number of carboxylic acid groups (broad SMARTS) is 2. The third kappa shape index (κ3) is 7.04. The average Bonchev–Trinajstić information content (AvgIpc) is 2.80. The molecule has 1 atom stereocenters. The van der Waals surface area contributed by atoms with Crippen LogP contribution in [-0.2, 0) is 9.59 Å². The molecule has 0 amide bonds. The van der Waals surface area contributed by atoms with Crippen molar-refractivity contribution in [2.24, 2.45) is 5.92 Å². The van der Waals surface area contributed by atoms with Crippen molar-refractivity contribution in [2.45, 2.75) is 76.3 Å². The lowest BCUT2D eigenvalue weighted by atomic mass is 9.80. The van der Waals surface area contributed by atoms with E-state index in [4.69, 9.17) is 19.8 Å². The van der Waals surface area contributed by atoms with Crippen LogP contribution in [0, 0.1) is 5.92 Å². The summed E-state index contributed by atoms with van der Waals surface area (Å²) in [6.07, 6.45) is 11.3. The van der Waals surface area contributed by atoms with Crippen LogP contribution in [0.15, 0.2) is 30.3 Å². The van der Waals surface area contributed by atoms with Crippen LogP contribution in [0.1, 0.15) is 69.8 Å². The van der Waals surface area contributed by atoms with Crippen LogP contribution >= 0.6 is 0 Å². The van der Waals surface area contributed by atoms with E-state index >= 15 is 0 Å². The molecule has 172 valence electrons. The zero-order chi connectivity index (χ0) is 22.2. The zero-order valence-electron chi connectivity index (χ0n) is 18.8. The van der Waals surface area contributed by atoms with Gasteiger partial charge in [-0.15, -0.1) is 0 Å². The summed E-state index contributed by atoms with van der Waals surface area (Å²) in [5, 5.41) is 14.8. The van der Waals surface area contributed by atoms with E-state index < -0.39 is 11.9 Å². The highest BCUT2D eigenvalue weighted by Crippen LogP contribution is 2.36. The molecular weight excluding hydrogens is 392 g/mol. The maximum Gasteiger partial charge on any atom is 0.414 e. The highest BCUT2D eigenvalue weighted by molar-refractivity contribution is 6.27. The fourth-order valence-corrected chi connectivity index (χ4v) is 5.67. The van der Waals surface area contributed by atoms with Gasteiger partial charge in [0.25, 0.3) is 0 Å². The predicted molar refractivity (Wildman–Crippen MR) is 121 cm³/mol. The second-order valence-electron chi connectivity index (χ2n) is 9.54. The van der Waals surface area contributed by atoms with Gasteiger partial charge in [0.1, 0.15) is 0 Å². The summed E-state index contributed by atoms with van der Waals surface area (Å²) in [6.45, 7) is 7.84. The summed E-state index contributed by atoms with van der Waals surface area (Å²) in [5.41, 5.74) is 1.57. The topological polar surface area (TPSA) is 81.1 Å². The van der Waals surface area contributed by atoms with E-state index in [1.165, 1.54) is 77.5 Å². The Kier molecular flexibility index (Phi) is 8.90. The van der Waals surface area contributed by atoms with E-state index in [2.05, 4.69) is 47.1 Å². The first kappa shape index (κ1) is 23.7. The number of hydrogen-bond donors (Lipinski definition) is 2. The first-order chi connectivity index (χ1) is 14.9. The van der Waals surface area contributed by atoms with Crippen molar-refractivity contribution in [3.8, 4) is 0 Å². The molecule has 4 rings (SSSR count). The van der Waals surface area contributed by atoms with Gasteiger partial charge in [0.15, 0.2) is 0 Å². The maximum atomic E-state index is 9.10. The molecule has 2 saturated heterocycles. The van der Waals surface area contributed by atoms with Gasteiger partial charge in [0.2, 0.25) is 0 Å². The van der Waals surface area contributed by atoms with Crippen molar-refractivity contribution in [3.05, 3.63) is 35.9 Å². The van der Waals surface area contributed by atoms with Crippen molar-refractivity contribution in [2.75, 3.05) is 26.2 Å². The normalized spacial score (nSPS) is 28.4. The molecule has 6 heteroatoms. The Morgan fingerprint density at radius 1 is 0.774 bits per heavy atom. The minimum atomic E-state index is -1.82. The van der Waals surface area contributed by atoms with Crippen LogP contribution in [-0.4, -0.2) is 70.2 Å². The molecule has 0 aromatic heterocycles. The molecule has 3 fully saturated rings. The number of rotatable bonds is 3. The number of nitrogens with zero attached hydrogens (tertiary/aromatic N) is 2. The quantitative estimate of drug-likeness (QED) is 0.704. The van der Waals surface area contributed by atoms with Crippen LogP contribution in [0.5, 0.6) is 0 Å². The Balaban J connectivity index is 0.000000401. The van der Waals surface area contributed by atoms with Crippen molar-refractivity contribution in [3.63, 3.8) is 0 Å². The fourth-order valence-electron chi connectivity index (χ4n) is 5.67. The minimum Gasteiger partial charge on any atom is -0.473 e. The molecule has 2 aliphatic heterocycles. The van der Waals surface area contributed by atoms with Gasteiger partial charge in [-0.3, -0.25) is 0 Å². The Hall–Kier alpha value is -1.92. The summed E-state index contributed by atoms with van der Waals surface area (Å²) < 4.78 is 0. The van der Waals surface area contributed by atoms with Crippen LogP contribution < -0.4 is 0 Å². The summed E-state index contributed by atoms with van der Waals surface area (Å²) in [6, 6.07) is 12.9. The maximum absolute atomic E-state index is 9.10. The number of carboxylic acids is 2. The van der Waals surface area contributed by atoms with Crippen LogP contribution in [0.3, 0.4) is 0 Å². The third-order valence-electron chi connectivity index (χ3n) is 7.37. The number of aliphatic carboxylic acids is 2. The molecule has 2 heterocycles. The average molecular weight is 431 g/mol. The van der Waals surface area contributed by atoms with Crippen LogP contribution in [0.4, 0.5) is 0 Å². The third-order valence-corrected chi connectivity index (χ3v) is 7.37. The number of piperidine rings is 2. The van der Waals surface area contributed by atoms with Crippen molar-refractivity contribution in [1.82, 2.24) is 9.80 Å². The number of carbonyl (C=O) groups is 2. The number of benzene rings is 1. The Morgan fingerprint density at radius 2 is 1.35 bits per heavy atom. The largest absolute Gasteiger partial charge is 0.473 e. The molecule has 0 bridgehead atoms.